The Hall–Kier alpha value is -2.34. The summed E-state index contributed by atoms with van der Waals surface area (Å²) in [5.41, 5.74) is 6.66. The van der Waals surface area contributed by atoms with Gasteiger partial charge in [-0.05, 0) is 33.2 Å². The fourth-order valence-corrected chi connectivity index (χ4v) is 2.75. The van der Waals surface area contributed by atoms with Crippen molar-refractivity contribution in [1.29, 1.82) is 0 Å². The molecule has 0 aliphatic carbocycles. The van der Waals surface area contributed by atoms with Crippen LogP contribution in [0.3, 0.4) is 0 Å². The van der Waals surface area contributed by atoms with Crippen LogP contribution in [0.4, 0.5) is 0 Å². The predicted molar refractivity (Wildman–Crippen MR) is 96.0 cm³/mol. The van der Waals surface area contributed by atoms with Gasteiger partial charge in [0, 0.05) is 0 Å². The number of hydrogen-bond acceptors (Lipinski definition) is 0. The molecule has 3 rings (SSSR count). The van der Waals surface area contributed by atoms with Crippen LogP contribution in [0.15, 0.2) is 78.9 Å². The first-order valence-corrected chi connectivity index (χ1v) is 7.81. The molecule has 0 aliphatic rings. The minimum atomic E-state index is 0.192. The van der Waals surface area contributed by atoms with Crippen molar-refractivity contribution in [3.05, 3.63) is 84.4 Å². The largest absolute Gasteiger partial charge is 0.0622 e. The Labute approximate surface area is 133 Å². The van der Waals surface area contributed by atoms with Crippen molar-refractivity contribution in [2.75, 3.05) is 0 Å². The van der Waals surface area contributed by atoms with Gasteiger partial charge < -0.3 is 0 Å². The summed E-state index contributed by atoms with van der Waals surface area (Å²) in [6, 6.07) is 28.2. The summed E-state index contributed by atoms with van der Waals surface area (Å²) in [4.78, 5) is 0. The van der Waals surface area contributed by atoms with Crippen molar-refractivity contribution in [3.63, 3.8) is 0 Å². The zero-order chi connectivity index (χ0) is 15.6. The maximum absolute atomic E-state index is 2.25. The third-order valence-electron chi connectivity index (χ3n) is 4.07. The lowest BCUT2D eigenvalue weighted by Gasteiger charge is -2.19. The van der Waals surface area contributed by atoms with Gasteiger partial charge in [-0.3, -0.25) is 0 Å². The van der Waals surface area contributed by atoms with Crippen molar-refractivity contribution < 1.29 is 0 Å². The Morgan fingerprint density at radius 3 is 1.45 bits per heavy atom. The average molecular weight is 286 g/mol. The standard InChI is InChI=1S/C22H22/c1-22(2,3)19-15-13-18(14-16-19)21-12-8-7-11-20(21)17-9-5-4-6-10-17/h4-16H,1-3H3. The van der Waals surface area contributed by atoms with Crippen molar-refractivity contribution >= 4 is 0 Å². The smallest absolute Gasteiger partial charge is 0.0105 e. The molecule has 0 aliphatic heterocycles. The lowest BCUT2D eigenvalue weighted by Crippen LogP contribution is -2.10. The molecule has 0 aromatic heterocycles. The number of hydrogen-bond donors (Lipinski definition) is 0. The van der Waals surface area contributed by atoms with E-state index in [1.54, 1.807) is 0 Å². The Morgan fingerprint density at radius 1 is 0.500 bits per heavy atom. The van der Waals surface area contributed by atoms with Gasteiger partial charge in [-0.2, -0.15) is 0 Å². The van der Waals surface area contributed by atoms with Gasteiger partial charge in [-0.25, -0.2) is 0 Å². The molecule has 0 radical (unpaired) electrons. The molecular formula is C22H22. The first-order valence-electron chi connectivity index (χ1n) is 7.81. The van der Waals surface area contributed by atoms with Gasteiger partial charge in [0.15, 0.2) is 0 Å². The molecule has 110 valence electrons. The second kappa shape index (κ2) is 5.81. The van der Waals surface area contributed by atoms with Crippen LogP contribution in [0.2, 0.25) is 0 Å². The highest BCUT2D eigenvalue weighted by Crippen LogP contribution is 2.33. The first kappa shape index (κ1) is 14.6. The molecule has 0 bridgehead atoms. The molecule has 0 saturated heterocycles. The van der Waals surface area contributed by atoms with E-state index in [-0.39, 0.29) is 5.41 Å². The minimum absolute atomic E-state index is 0.192. The summed E-state index contributed by atoms with van der Waals surface area (Å²) in [7, 11) is 0. The van der Waals surface area contributed by atoms with Crippen LogP contribution in [-0.4, -0.2) is 0 Å². The summed E-state index contributed by atoms with van der Waals surface area (Å²) >= 11 is 0. The van der Waals surface area contributed by atoms with Gasteiger partial charge in [0.1, 0.15) is 0 Å². The van der Waals surface area contributed by atoms with E-state index in [2.05, 4.69) is 99.6 Å². The molecule has 3 aromatic carbocycles. The van der Waals surface area contributed by atoms with E-state index in [9.17, 15) is 0 Å². The molecule has 0 nitrogen and oxygen atoms in total. The van der Waals surface area contributed by atoms with Crippen molar-refractivity contribution in [1.82, 2.24) is 0 Å². The van der Waals surface area contributed by atoms with Crippen LogP contribution in [0.5, 0.6) is 0 Å². The second-order valence-corrected chi connectivity index (χ2v) is 6.74. The van der Waals surface area contributed by atoms with Gasteiger partial charge in [-0.1, -0.05) is 99.6 Å². The maximum atomic E-state index is 2.25. The average Bonchev–Trinajstić information content (AvgIpc) is 2.55. The third kappa shape index (κ3) is 2.96. The van der Waals surface area contributed by atoms with Crippen LogP contribution in [0, 0.1) is 0 Å². The first-order chi connectivity index (χ1) is 10.6. The highest BCUT2D eigenvalue weighted by molar-refractivity contribution is 5.83. The molecular weight excluding hydrogens is 264 g/mol. The Balaban J connectivity index is 2.06. The zero-order valence-electron chi connectivity index (χ0n) is 13.5. The monoisotopic (exact) mass is 286 g/mol. The van der Waals surface area contributed by atoms with Crippen molar-refractivity contribution in [2.24, 2.45) is 0 Å². The molecule has 0 N–H and O–H groups in total. The van der Waals surface area contributed by atoms with Crippen molar-refractivity contribution in [3.8, 4) is 22.3 Å². The molecule has 0 fully saturated rings. The van der Waals surface area contributed by atoms with E-state index in [1.807, 2.05) is 0 Å². The predicted octanol–water partition coefficient (Wildman–Crippen LogP) is 6.32. The molecule has 0 heteroatoms. The van der Waals surface area contributed by atoms with Crippen LogP contribution in [-0.2, 0) is 5.41 Å². The van der Waals surface area contributed by atoms with Crippen LogP contribution in [0.1, 0.15) is 26.3 Å². The lowest BCUT2D eigenvalue weighted by molar-refractivity contribution is 0.590. The topological polar surface area (TPSA) is 0 Å². The molecule has 0 saturated carbocycles. The van der Waals surface area contributed by atoms with E-state index >= 15 is 0 Å². The van der Waals surface area contributed by atoms with Gasteiger partial charge in [0.25, 0.3) is 0 Å². The van der Waals surface area contributed by atoms with Gasteiger partial charge in [-0.15, -0.1) is 0 Å². The van der Waals surface area contributed by atoms with Crippen LogP contribution >= 0.6 is 0 Å². The van der Waals surface area contributed by atoms with Crippen LogP contribution < -0.4 is 0 Å². The third-order valence-corrected chi connectivity index (χ3v) is 4.07. The molecule has 0 heterocycles. The summed E-state index contributed by atoms with van der Waals surface area (Å²) in [5, 5.41) is 0. The van der Waals surface area contributed by atoms with Gasteiger partial charge in [0.2, 0.25) is 0 Å². The van der Waals surface area contributed by atoms with E-state index in [0.717, 1.165) is 0 Å². The van der Waals surface area contributed by atoms with E-state index in [4.69, 9.17) is 0 Å². The van der Waals surface area contributed by atoms with E-state index in [0.29, 0.717) is 0 Å². The fourth-order valence-electron chi connectivity index (χ4n) is 2.75. The SMILES string of the molecule is CC(C)(C)c1ccc(-c2ccccc2-c2ccccc2)cc1. The van der Waals surface area contributed by atoms with Crippen molar-refractivity contribution in [2.45, 2.75) is 26.2 Å². The fraction of sp³-hybridized carbons (Fsp3) is 0.182. The van der Waals surface area contributed by atoms with Gasteiger partial charge in [0.05, 0.1) is 0 Å². The summed E-state index contributed by atoms with van der Waals surface area (Å²) < 4.78 is 0. The molecule has 0 spiro atoms. The van der Waals surface area contributed by atoms with E-state index < -0.39 is 0 Å². The quantitative estimate of drug-likeness (QED) is 0.517. The zero-order valence-corrected chi connectivity index (χ0v) is 13.5. The molecule has 0 atom stereocenters. The molecule has 0 amide bonds. The summed E-state index contributed by atoms with van der Waals surface area (Å²) in [6.07, 6.45) is 0. The van der Waals surface area contributed by atoms with Gasteiger partial charge >= 0.3 is 0 Å². The Kier molecular flexibility index (Phi) is 3.85. The second-order valence-electron chi connectivity index (χ2n) is 6.74. The Morgan fingerprint density at radius 2 is 0.955 bits per heavy atom. The summed E-state index contributed by atoms with van der Waals surface area (Å²) in [5.74, 6) is 0. The highest BCUT2D eigenvalue weighted by atomic mass is 14.2. The number of rotatable bonds is 2. The number of benzene rings is 3. The minimum Gasteiger partial charge on any atom is -0.0622 e. The van der Waals surface area contributed by atoms with Crippen LogP contribution in [0.25, 0.3) is 22.3 Å². The Bertz CT molecular complexity index is 744. The molecule has 0 unspecified atom stereocenters. The lowest BCUT2D eigenvalue weighted by atomic mass is 9.85. The molecule has 22 heavy (non-hydrogen) atoms. The maximum Gasteiger partial charge on any atom is -0.0105 e. The summed E-state index contributed by atoms with van der Waals surface area (Å²) in [6.45, 7) is 6.75. The highest BCUT2D eigenvalue weighted by Gasteiger charge is 2.13. The molecule has 3 aromatic rings. The van der Waals surface area contributed by atoms with E-state index in [1.165, 1.54) is 27.8 Å². The normalized spacial score (nSPS) is 11.4.